The Morgan fingerprint density at radius 1 is 1.09 bits per heavy atom. The van der Waals surface area contributed by atoms with Gasteiger partial charge in [0.15, 0.2) is 0 Å². The van der Waals surface area contributed by atoms with Crippen LogP contribution in [-0.2, 0) is 20.7 Å². The normalized spacial score (nSPS) is 11.7. The Morgan fingerprint density at radius 3 is 2.53 bits per heavy atom. The van der Waals surface area contributed by atoms with Crippen LogP contribution in [0.2, 0.25) is 5.02 Å². The highest BCUT2D eigenvalue weighted by molar-refractivity contribution is 6.30. The van der Waals surface area contributed by atoms with Gasteiger partial charge >= 0.3 is 5.97 Å². The van der Waals surface area contributed by atoms with E-state index in [4.69, 9.17) is 16.3 Å². The van der Waals surface area contributed by atoms with Gasteiger partial charge in [0.2, 0.25) is 11.7 Å². The maximum Gasteiger partial charge on any atom is 0.316 e. The van der Waals surface area contributed by atoms with Gasteiger partial charge in [-0.2, -0.15) is 0 Å². The fraction of sp³-hybridized carbons (Fsp3) is 0.167. The lowest BCUT2D eigenvalue weighted by Crippen LogP contribution is -2.15. The molecule has 1 atom stereocenters. The zero-order chi connectivity index (χ0) is 24.2. The first kappa shape index (κ1) is 23.1. The number of nitrogens with one attached hydrogen (secondary N) is 2. The van der Waals surface area contributed by atoms with Crippen molar-refractivity contribution in [2.24, 2.45) is 0 Å². The molecule has 0 fully saturated rings. The number of hydrogen-bond acceptors (Lipinski definition) is 7. The molecule has 172 valence electrons. The highest BCUT2D eigenvalue weighted by Gasteiger charge is 2.22. The van der Waals surface area contributed by atoms with Crippen LogP contribution < -0.4 is 5.32 Å². The van der Waals surface area contributed by atoms with Gasteiger partial charge in [-0.25, -0.2) is 9.97 Å². The molecule has 1 aromatic carbocycles. The number of nitrogens with zero attached hydrogens (tertiary/aromatic N) is 3. The number of rotatable bonds is 7. The van der Waals surface area contributed by atoms with Crippen LogP contribution in [0.1, 0.15) is 40.3 Å². The maximum absolute atomic E-state index is 13.0. The Bertz CT molecular complexity index is 1370. The van der Waals surface area contributed by atoms with Crippen LogP contribution in [0.3, 0.4) is 0 Å². The van der Waals surface area contributed by atoms with Crippen LogP contribution >= 0.6 is 11.6 Å². The third-order valence-electron chi connectivity index (χ3n) is 5.20. The molecule has 0 radical (unpaired) electrons. The van der Waals surface area contributed by atoms with Crippen molar-refractivity contribution in [1.29, 1.82) is 0 Å². The first-order valence-corrected chi connectivity index (χ1v) is 10.7. The molecule has 3 aromatic heterocycles. The molecule has 0 saturated heterocycles. The number of ketones is 1. The van der Waals surface area contributed by atoms with E-state index in [2.05, 4.69) is 25.3 Å². The molecule has 0 saturated carbocycles. The number of esters is 1. The maximum atomic E-state index is 13.0. The number of benzene rings is 1. The summed E-state index contributed by atoms with van der Waals surface area (Å²) in [5.41, 5.74) is 2.27. The van der Waals surface area contributed by atoms with Crippen molar-refractivity contribution >= 4 is 46.0 Å². The average Bonchev–Trinajstić information content (AvgIpc) is 3.27. The van der Waals surface area contributed by atoms with E-state index in [9.17, 15) is 14.4 Å². The number of aromatic amines is 1. The second-order valence-corrected chi connectivity index (χ2v) is 7.99. The summed E-state index contributed by atoms with van der Waals surface area (Å²) >= 11 is 5.86. The summed E-state index contributed by atoms with van der Waals surface area (Å²) in [6.07, 6.45) is 4.63. The first-order valence-electron chi connectivity index (χ1n) is 10.3. The summed E-state index contributed by atoms with van der Waals surface area (Å²) in [6, 6.07) is 10.2. The smallest absolute Gasteiger partial charge is 0.316 e. The molecule has 34 heavy (non-hydrogen) atoms. The summed E-state index contributed by atoms with van der Waals surface area (Å²) < 4.78 is 4.72. The minimum Gasteiger partial charge on any atom is -0.468 e. The molecular formula is C24H20ClN5O4. The average molecular weight is 478 g/mol. The lowest BCUT2D eigenvalue weighted by atomic mass is 10.1. The molecule has 0 aliphatic rings. The number of anilines is 1. The zero-order valence-electron chi connectivity index (χ0n) is 18.3. The fourth-order valence-electron chi connectivity index (χ4n) is 3.33. The number of hydrogen-bond donors (Lipinski definition) is 2. The molecule has 0 bridgehead atoms. The Morgan fingerprint density at radius 2 is 1.85 bits per heavy atom. The molecule has 4 aromatic rings. The van der Waals surface area contributed by atoms with Crippen molar-refractivity contribution in [2.75, 3.05) is 12.4 Å². The molecule has 3 heterocycles. The van der Waals surface area contributed by atoms with E-state index in [1.165, 1.54) is 31.8 Å². The summed E-state index contributed by atoms with van der Waals surface area (Å²) in [4.78, 5) is 52.7. The molecule has 0 aliphatic carbocycles. The number of H-pyrrole nitrogens is 1. The van der Waals surface area contributed by atoms with E-state index < -0.39 is 11.9 Å². The molecule has 1 unspecified atom stereocenters. The lowest BCUT2D eigenvalue weighted by Gasteiger charge is -2.07. The molecular weight excluding hydrogens is 458 g/mol. The number of amides is 1. The number of ether oxygens (including phenoxy) is 1. The Hall–Kier alpha value is -4.11. The quantitative estimate of drug-likeness (QED) is 0.307. The highest BCUT2D eigenvalue weighted by Crippen LogP contribution is 2.22. The van der Waals surface area contributed by atoms with E-state index in [0.29, 0.717) is 27.3 Å². The van der Waals surface area contributed by atoms with Crippen LogP contribution in [0, 0.1) is 0 Å². The van der Waals surface area contributed by atoms with Gasteiger partial charge in [-0.3, -0.25) is 19.4 Å². The number of halogens is 1. The van der Waals surface area contributed by atoms with E-state index in [-0.39, 0.29) is 29.6 Å². The lowest BCUT2D eigenvalue weighted by molar-refractivity contribution is -0.142. The van der Waals surface area contributed by atoms with Crippen LogP contribution in [-0.4, -0.2) is 44.7 Å². The van der Waals surface area contributed by atoms with Crippen LogP contribution in [0.25, 0.3) is 11.0 Å². The number of carbonyl (C=O) groups excluding carboxylic acids is 3. The Labute approximate surface area is 199 Å². The summed E-state index contributed by atoms with van der Waals surface area (Å²) in [5, 5.41) is 3.87. The van der Waals surface area contributed by atoms with Crippen molar-refractivity contribution in [1.82, 2.24) is 19.9 Å². The summed E-state index contributed by atoms with van der Waals surface area (Å²) in [6.45, 7) is 1.64. The Balaban J connectivity index is 1.46. The van der Waals surface area contributed by atoms with Crippen molar-refractivity contribution in [3.8, 4) is 0 Å². The van der Waals surface area contributed by atoms with E-state index in [0.717, 1.165) is 5.56 Å². The minimum absolute atomic E-state index is 0.184. The Kier molecular flexibility index (Phi) is 6.65. The third kappa shape index (κ3) is 4.94. The van der Waals surface area contributed by atoms with Gasteiger partial charge in [-0.15, -0.1) is 0 Å². The fourth-order valence-corrected chi connectivity index (χ4v) is 3.46. The molecule has 0 spiro atoms. The predicted molar refractivity (Wildman–Crippen MR) is 126 cm³/mol. The van der Waals surface area contributed by atoms with Gasteiger partial charge in [-0.1, -0.05) is 23.7 Å². The number of methoxy groups -OCH3 is 1. The van der Waals surface area contributed by atoms with Gasteiger partial charge in [0, 0.05) is 22.8 Å². The van der Waals surface area contributed by atoms with Crippen LogP contribution in [0.5, 0.6) is 0 Å². The largest absolute Gasteiger partial charge is 0.468 e. The van der Waals surface area contributed by atoms with Crippen molar-refractivity contribution in [2.45, 2.75) is 19.3 Å². The number of carbonyl (C=O) groups is 3. The third-order valence-corrected chi connectivity index (χ3v) is 5.45. The van der Waals surface area contributed by atoms with Crippen molar-refractivity contribution in [3.05, 3.63) is 82.7 Å². The summed E-state index contributed by atoms with van der Waals surface area (Å²) in [5.74, 6) is -1.35. The standard InChI is InChI=1S/C24H20ClN5O4/c1-13(24(33)34-2)22-27-12-18-17(11-28-23(18)30-22)21(32)19-8-7-16(10-26-19)29-20(31)9-14-3-5-15(25)6-4-14/h3-8,10-13H,9H2,1-2H3,(H,29,31)(H,27,28,30). The molecule has 0 aliphatic heterocycles. The van der Waals surface area contributed by atoms with Crippen molar-refractivity contribution in [3.63, 3.8) is 0 Å². The van der Waals surface area contributed by atoms with Crippen LogP contribution in [0.4, 0.5) is 5.69 Å². The van der Waals surface area contributed by atoms with Gasteiger partial charge in [0.1, 0.15) is 23.1 Å². The van der Waals surface area contributed by atoms with Gasteiger partial charge < -0.3 is 15.0 Å². The topological polar surface area (TPSA) is 127 Å². The number of fused-ring (bicyclic) bond motifs is 1. The molecule has 1 amide bonds. The molecule has 10 heteroatoms. The summed E-state index contributed by atoms with van der Waals surface area (Å²) in [7, 11) is 1.30. The van der Waals surface area contributed by atoms with Gasteiger partial charge in [0.05, 0.1) is 31.0 Å². The number of aromatic nitrogens is 4. The molecule has 9 nitrogen and oxygen atoms in total. The van der Waals surface area contributed by atoms with E-state index >= 15 is 0 Å². The van der Waals surface area contributed by atoms with E-state index in [1.54, 1.807) is 37.3 Å². The van der Waals surface area contributed by atoms with E-state index in [1.807, 2.05) is 0 Å². The highest BCUT2D eigenvalue weighted by atomic mass is 35.5. The van der Waals surface area contributed by atoms with Gasteiger partial charge in [-0.05, 0) is 36.8 Å². The minimum atomic E-state index is -0.638. The predicted octanol–water partition coefficient (Wildman–Crippen LogP) is 3.70. The first-order chi connectivity index (χ1) is 16.4. The van der Waals surface area contributed by atoms with Crippen LogP contribution in [0.15, 0.2) is 55.0 Å². The van der Waals surface area contributed by atoms with Crippen molar-refractivity contribution < 1.29 is 19.1 Å². The van der Waals surface area contributed by atoms with Gasteiger partial charge in [0.25, 0.3) is 0 Å². The number of pyridine rings is 1. The molecule has 4 rings (SSSR count). The second kappa shape index (κ2) is 9.80. The monoisotopic (exact) mass is 477 g/mol. The second-order valence-electron chi connectivity index (χ2n) is 7.55. The zero-order valence-corrected chi connectivity index (χ0v) is 19.1. The molecule has 2 N–H and O–H groups in total. The SMILES string of the molecule is COC(=O)C(C)c1ncc2c(C(=O)c3ccc(NC(=O)Cc4ccc(Cl)cc4)cn3)c[nH]c2n1.